The molecular formula is C12H16N4S2. The second-order valence-electron chi connectivity index (χ2n) is 3.87. The number of pyridine rings is 1. The summed E-state index contributed by atoms with van der Waals surface area (Å²) in [5, 5.41) is 13.5. The van der Waals surface area contributed by atoms with Gasteiger partial charge in [0.05, 0.1) is 0 Å². The van der Waals surface area contributed by atoms with E-state index >= 15 is 0 Å². The average Bonchev–Trinajstić information content (AvgIpc) is 2.76. The first-order valence-electron chi connectivity index (χ1n) is 5.87. The van der Waals surface area contributed by atoms with Crippen LogP contribution in [0.5, 0.6) is 0 Å². The van der Waals surface area contributed by atoms with E-state index in [0.29, 0.717) is 6.04 Å². The summed E-state index contributed by atoms with van der Waals surface area (Å²) in [5.74, 6) is 0. The Balaban J connectivity index is 2.22. The van der Waals surface area contributed by atoms with Gasteiger partial charge in [-0.25, -0.2) is 4.98 Å². The van der Waals surface area contributed by atoms with Crippen molar-refractivity contribution < 1.29 is 0 Å². The minimum atomic E-state index is 0.292. The first-order chi connectivity index (χ1) is 8.70. The van der Waals surface area contributed by atoms with E-state index in [4.69, 9.17) is 0 Å². The highest BCUT2D eigenvalue weighted by Gasteiger charge is 2.13. The van der Waals surface area contributed by atoms with Crippen molar-refractivity contribution >= 4 is 23.1 Å². The van der Waals surface area contributed by atoms with E-state index < -0.39 is 0 Å². The monoisotopic (exact) mass is 280 g/mol. The lowest BCUT2D eigenvalue weighted by Crippen LogP contribution is -2.18. The molecule has 6 heteroatoms. The minimum absolute atomic E-state index is 0.292. The van der Waals surface area contributed by atoms with Crippen molar-refractivity contribution in [1.82, 2.24) is 20.5 Å². The lowest BCUT2D eigenvalue weighted by molar-refractivity contribution is 0.585. The summed E-state index contributed by atoms with van der Waals surface area (Å²) in [6, 6.07) is 4.37. The molecule has 0 bridgehead atoms. The smallest absolute Gasteiger partial charge is 0.180 e. The fourth-order valence-corrected chi connectivity index (χ4v) is 3.54. The normalized spacial score (nSPS) is 12.6. The van der Waals surface area contributed by atoms with Crippen LogP contribution in [0.1, 0.15) is 30.5 Å². The lowest BCUT2D eigenvalue weighted by atomic mass is 10.1. The van der Waals surface area contributed by atoms with Gasteiger partial charge in [-0.15, -0.1) is 10.2 Å². The molecule has 18 heavy (non-hydrogen) atoms. The van der Waals surface area contributed by atoms with E-state index in [9.17, 15) is 0 Å². The van der Waals surface area contributed by atoms with E-state index in [1.165, 1.54) is 5.56 Å². The molecule has 2 aromatic rings. The molecule has 0 aliphatic carbocycles. The van der Waals surface area contributed by atoms with Crippen molar-refractivity contribution in [2.45, 2.75) is 36.2 Å². The molecule has 0 aromatic carbocycles. The number of aryl methyl sites for hydroxylation is 1. The van der Waals surface area contributed by atoms with E-state index in [0.717, 1.165) is 20.9 Å². The molecule has 0 spiro atoms. The third-order valence-corrected chi connectivity index (χ3v) is 4.39. The molecule has 1 atom stereocenters. The van der Waals surface area contributed by atoms with Gasteiger partial charge in [0.1, 0.15) is 10.0 Å². The van der Waals surface area contributed by atoms with E-state index in [2.05, 4.69) is 40.4 Å². The summed E-state index contributed by atoms with van der Waals surface area (Å²) in [6.07, 6.45) is 1.82. The predicted molar refractivity (Wildman–Crippen MR) is 75.1 cm³/mol. The van der Waals surface area contributed by atoms with Crippen molar-refractivity contribution in [2.75, 3.05) is 6.54 Å². The fraction of sp³-hybridized carbons (Fsp3) is 0.417. The van der Waals surface area contributed by atoms with Gasteiger partial charge in [-0.05, 0) is 38.2 Å². The Hall–Kier alpha value is -0.980. The van der Waals surface area contributed by atoms with Crippen molar-refractivity contribution in [1.29, 1.82) is 0 Å². The van der Waals surface area contributed by atoms with Crippen LogP contribution in [0.25, 0.3) is 0 Å². The maximum Gasteiger partial charge on any atom is 0.180 e. The Morgan fingerprint density at radius 3 is 2.94 bits per heavy atom. The van der Waals surface area contributed by atoms with Crippen molar-refractivity contribution in [2.24, 2.45) is 0 Å². The van der Waals surface area contributed by atoms with Crippen LogP contribution in [0.4, 0.5) is 0 Å². The third kappa shape index (κ3) is 3.28. The molecule has 0 saturated heterocycles. The molecule has 0 aliphatic heterocycles. The summed E-state index contributed by atoms with van der Waals surface area (Å²) in [6.45, 7) is 7.16. The zero-order valence-electron chi connectivity index (χ0n) is 10.7. The van der Waals surface area contributed by atoms with Crippen molar-refractivity contribution in [3.8, 4) is 0 Å². The van der Waals surface area contributed by atoms with Gasteiger partial charge in [-0.1, -0.05) is 24.3 Å². The molecule has 0 radical (unpaired) electrons. The summed E-state index contributed by atoms with van der Waals surface area (Å²) >= 11 is 3.18. The van der Waals surface area contributed by atoms with Crippen LogP contribution in [-0.2, 0) is 0 Å². The van der Waals surface area contributed by atoms with Gasteiger partial charge < -0.3 is 5.32 Å². The standard InChI is InChI=1S/C12H16N4S2/c1-4-13-8(2)10-6-5-7-14-11(10)18-12-16-15-9(3)17-12/h5-8,13H,4H2,1-3H3. The van der Waals surface area contributed by atoms with Crippen molar-refractivity contribution in [3.05, 3.63) is 28.9 Å². The van der Waals surface area contributed by atoms with E-state index in [1.807, 2.05) is 19.2 Å². The first kappa shape index (κ1) is 13.5. The van der Waals surface area contributed by atoms with E-state index in [-0.39, 0.29) is 0 Å². The maximum absolute atomic E-state index is 4.45. The summed E-state index contributed by atoms with van der Waals surface area (Å²) < 4.78 is 0.941. The van der Waals surface area contributed by atoms with Crippen LogP contribution in [0.2, 0.25) is 0 Å². The molecule has 2 aromatic heterocycles. The maximum atomic E-state index is 4.45. The summed E-state index contributed by atoms with van der Waals surface area (Å²) in [5.41, 5.74) is 1.21. The topological polar surface area (TPSA) is 50.7 Å². The zero-order chi connectivity index (χ0) is 13.0. The van der Waals surface area contributed by atoms with Gasteiger partial charge >= 0.3 is 0 Å². The van der Waals surface area contributed by atoms with Crippen LogP contribution >= 0.6 is 23.1 Å². The average molecular weight is 280 g/mol. The van der Waals surface area contributed by atoms with E-state index in [1.54, 1.807) is 23.1 Å². The highest BCUT2D eigenvalue weighted by atomic mass is 32.2. The molecular weight excluding hydrogens is 264 g/mol. The SMILES string of the molecule is CCNC(C)c1cccnc1Sc1nnc(C)s1. The highest BCUT2D eigenvalue weighted by Crippen LogP contribution is 2.32. The molecule has 0 amide bonds. The zero-order valence-corrected chi connectivity index (χ0v) is 12.3. The molecule has 0 aliphatic rings. The second kappa shape index (κ2) is 6.26. The molecule has 0 fully saturated rings. The molecule has 96 valence electrons. The number of nitrogens with one attached hydrogen (secondary N) is 1. The Bertz CT molecular complexity index is 512. The fourth-order valence-electron chi connectivity index (χ4n) is 1.64. The van der Waals surface area contributed by atoms with Crippen LogP contribution in [0, 0.1) is 6.92 Å². The van der Waals surface area contributed by atoms with Crippen LogP contribution in [-0.4, -0.2) is 21.7 Å². The molecule has 1 unspecified atom stereocenters. The molecule has 1 N–H and O–H groups in total. The van der Waals surface area contributed by atoms with Crippen molar-refractivity contribution in [3.63, 3.8) is 0 Å². The number of hydrogen-bond acceptors (Lipinski definition) is 6. The molecule has 2 rings (SSSR count). The number of rotatable bonds is 5. The van der Waals surface area contributed by atoms with Gasteiger partial charge in [0, 0.05) is 17.8 Å². The Morgan fingerprint density at radius 1 is 1.44 bits per heavy atom. The lowest BCUT2D eigenvalue weighted by Gasteiger charge is -2.14. The Kier molecular flexibility index (Phi) is 4.68. The van der Waals surface area contributed by atoms with Gasteiger partial charge in [-0.3, -0.25) is 0 Å². The van der Waals surface area contributed by atoms with Gasteiger partial charge in [-0.2, -0.15) is 0 Å². The Morgan fingerprint density at radius 2 is 2.28 bits per heavy atom. The molecule has 2 heterocycles. The summed E-state index contributed by atoms with van der Waals surface area (Å²) in [7, 11) is 0. The third-order valence-electron chi connectivity index (χ3n) is 2.47. The van der Waals surface area contributed by atoms with Crippen LogP contribution in [0.3, 0.4) is 0 Å². The molecule has 0 saturated carbocycles. The number of nitrogens with zero attached hydrogens (tertiary/aromatic N) is 3. The predicted octanol–water partition coefficient (Wildman–Crippen LogP) is 3.06. The molecule has 4 nitrogen and oxygen atoms in total. The first-order valence-corrected chi connectivity index (χ1v) is 7.50. The Labute approximate surface area is 115 Å². The quantitative estimate of drug-likeness (QED) is 0.912. The van der Waals surface area contributed by atoms with Crippen LogP contribution < -0.4 is 5.32 Å². The minimum Gasteiger partial charge on any atom is -0.310 e. The largest absolute Gasteiger partial charge is 0.310 e. The highest BCUT2D eigenvalue weighted by molar-refractivity contribution is 8.01. The number of hydrogen-bond donors (Lipinski definition) is 1. The number of aromatic nitrogens is 3. The second-order valence-corrected chi connectivity index (χ2v) is 6.28. The van der Waals surface area contributed by atoms with Gasteiger partial charge in [0.25, 0.3) is 0 Å². The van der Waals surface area contributed by atoms with Gasteiger partial charge in [0.2, 0.25) is 0 Å². The summed E-state index contributed by atoms with van der Waals surface area (Å²) in [4.78, 5) is 4.45. The van der Waals surface area contributed by atoms with Gasteiger partial charge in [0.15, 0.2) is 4.34 Å². The van der Waals surface area contributed by atoms with Crippen LogP contribution in [0.15, 0.2) is 27.7 Å².